The van der Waals surface area contributed by atoms with Crippen LogP contribution in [0.25, 0.3) is 0 Å². The molecule has 0 aromatic heterocycles. The molecule has 1 atom stereocenters. The van der Waals surface area contributed by atoms with Crippen molar-refractivity contribution < 1.29 is 4.74 Å². The van der Waals surface area contributed by atoms with Crippen molar-refractivity contribution >= 4 is 0 Å². The Balaban J connectivity index is 2.46. The van der Waals surface area contributed by atoms with E-state index in [1.54, 1.807) is 0 Å². The van der Waals surface area contributed by atoms with Crippen molar-refractivity contribution in [2.75, 3.05) is 13.2 Å². The molecule has 0 saturated carbocycles. The Morgan fingerprint density at radius 3 is 2.28 bits per heavy atom. The summed E-state index contributed by atoms with van der Waals surface area (Å²) >= 11 is 0. The van der Waals surface area contributed by atoms with Crippen LogP contribution in [0, 0.1) is 5.92 Å². The van der Waals surface area contributed by atoms with Crippen LogP contribution in [-0.2, 0) is 6.42 Å². The molecule has 0 radical (unpaired) electrons. The maximum Gasteiger partial charge on any atom is 0.119 e. The highest BCUT2D eigenvalue weighted by Crippen LogP contribution is 2.15. The normalized spacial score (nSPS) is 12.7. The van der Waals surface area contributed by atoms with E-state index in [4.69, 9.17) is 4.74 Å². The maximum atomic E-state index is 5.45. The lowest BCUT2D eigenvalue weighted by Crippen LogP contribution is -2.34. The minimum atomic E-state index is 0.613. The lowest BCUT2D eigenvalue weighted by atomic mass is 9.96. The van der Waals surface area contributed by atoms with Crippen molar-refractivity contribution in [1.29, 1.82) is 0 Å². The largest absolute Gasteiger partial charge is 0.494 e. The molecule has 0 fully saturated rings. The van der Waals surface area contributed by atoms with Crippen molar-refractivity contribution in [3.05, 3.63) is 29.8 Å². The molecule has 18 heavy (non-hydrogen) atoms. The highest BCUT2D eigenvalue weighted by Gasteiger charge is 2.11. The Hall–Kier alpha value is -1.02. The van der Waals surface area contributed by atoms with Gasteiger partial charge in [0.25, 0.3) is 0 Å². The zero-order valence-corrected chi connectivity index (χ0v) is 12.2. The van der Waals surface area contributed by atoms with E-state index in [1.807, 2.05) is 6.92 Å². The number of aryl methyl sites for hydroxylation is 1. The molecule has 1 aromatic carbocycles. The van der Waals surface area contributed by atoms with E-state index in [0.29, 0.717) is 12.0 Å². The standard InChI is InChI=1S/C16H27NO/c1-5-17-16(13(3)4)12-9-14-7-10-15(11-8-14)18-6-2/h7-8,10-11,13,16-17H,5-6,9,12H2,1-4H3. The van der Waals surface area contributed by atoms with E-state index >= 15 is 0 Å². The SMILES string of the molecule is CCNC(CCc1ccc(OCC)cc1)C(C)C. The number of hydrogen-bond donors (Lipinski definition) is 1. The summed E-state index contributed by atoms with van der Waals surface area (Å²) in [5.41, 5.74) is 1.39. The van der Waals surface area contributed by atoms with Gasteiger partial charge in [-0.15, -0.1) is 0 Å². The zero-order chi connectivity index (χ0) is 13.4. The summed E-state index contributed by atoms with van der Waals surface area (Å²) in [5.74, 6) is 1.65. The molecule has 2 nitrogen and oxygen atoms in total. The van der Waals surface area contributed by atoms with Crippen LogP contribution in [0.15, 0.2) is 24.3 Å². The zero-order valence-electron chi connectivity index (χ0n) is 12.2. The van der Waals surface area contributed by atoms with Gasteiger partial charge < -0.3 is 10.1 Å². The van der Waals surface area contributed by atoms with Gasteiger partial charge >= 0.3 is 0 Å². The summed E-state index contributed by atoms with van der Waals surface area (Å²) in [6.45, 7) is 10.5. The van der Waals surface area contributed by atoms with Gasteiger partial charge in [0.05, 0.1) is 6.61 Å². The van der Waals surface area contributed by atoms with Gasteiger partial charge in [0.1, 0.15) is 5.75 Å². The molecular formula is C16H27NO. The summed E-state index contributed by atoms with van der Waals surface area (Å²) in [5, 5.41) is 3.56. The third-order valence-corrected chi connectivity index (χ3v) is 3.25. The van der Waals surface area contributed by atoms with E-state index in [1.165, 1.54) is 12.0 Å². The molecule has 2 heteroatoms. The predicted molar refractivity (Wildman–Crippen MR) is 78.2 cm³/mol. The molecular weight excluding hydrogens is 222 g/mol. The predicted octanol–water partition coefficient (Wildman–Crippen LogP) is 3.65. The van der Waals surface area contributed by atoms with Gasteiger partial charge in [-0.25, -0.2) is 0 Å². The number of nitrogens with one attached hydrogen (secondary N) is 1. The van der Waals surface area contributed by atoms with Gasteiger partial charge in [0.2, 0.25) is 0 Å². The van der Waals surface area contributed by atoms with E-state index < -0.39 is 0 Å². The molecule has 0 amide bonds. The van der Waals surface area contributed by atoms with Crippen LogP contribution in [0.2, 0.25) is 0 Å². The van der Waals surface area contributed by atoms with Crippen molar-refractivity contribution in [2.45, 2.75) is 46.6 Å². The van der Waals surface area contributed by atoms with Crippen molar-refractivity contribution in [1.82, 2.24) is 5.32 Å². The molecule has 0 aliphatic carbocycles. The number of hydrogen-bond acceptors (Lipinski definition) is 2. The van der Waals surface area contributed by atoms with E-state index in [-0.39, 0.29) is 0 Å². The molecule has 0 spiro atoms. The quantitative estimate of drug-likeness (QED) is 0.759. The summed E-state index contributed by atoms with van der Waals surface area (Å²) < 4.78 is 5.45. The number of benzene rings is 1. The Kier molecular flexibility index (Phi) is 6.81. The van der Waals surface area contributed by atoms with Crippen LogP contribution in [0.3, 0.4) is 0 Å². The second-order valence-electron chi connectivity index (χ2n) is 5.02. The number of rotatable bonds is 8. The minimum Gasteiger partial charge on any atom is -0.494 e. The molecule has 1 rings (SSSR count). The summed E-state index contributed by atoms with van der Waals surface area (Å²) in [6.07, 6.45) is 2.32. The lowest BCUT2D eigenvalue weighted by molar-refractivity contribution is 0.340. The van der Waals surface area contributed by atoms with Gasteiger partial charge in [-0.1, -0.05) is 32.9 Å². The second kappa shape index (κ2) is 8.15. The Bertz CT molecular complexity index is 318. The van der Waals surface area contributed by atoms with Crippen LogP contribution < -0.4 is 10.1 Å². The fraction of sp³-hybridized carbons (Fsp3) is 0.625. The van der Waals surface area contributed by atoms with Gasteiger partial charge in [0, 0.05) is 6.04 Å². The van der Waals surface area contributed by atoms with Crippen LogP contribution >= 0.6 is 0 Å². The van der Waals surface area contributed by atoms with Crippen LogP contribution in [0.5, 0.6) is 5.75 Å². The highest BCUT2D eigenvalue weighted by atomic mass is 16.5. The Morgan fingerprint density at radius 1 is 1.11 bits per heavy atom. The van der Waals surface area contributed by atoms with Gasteiger partial charge in [-0.3, -0.25) is 0 Å². The second-order valence-corrected chi connectivity index (χ2v) is 5.02. The van der Waals surface area contributed by atoms with Gasteiger partial charge in [-0.2, -0.15) is 0 Å². The third kappa shape index (κ3) is 5.09. The first kappa shape index (κ1) is 15.0. The fourth-order valence-electron chi connectivity index (χ4n) is 2.17. The Morgan fingerprint density at radius 2 is 1.78 bits per heavy atom. The summed E-state index contributed by atoms with van der Waals surface area (Å²) in [6, 6.07) is 9.09. The first-order chi connectivity index (χ1) is 8.67. The van der Waals surface area contributed by atoms with E-state index in [0.717, 1.165) is 25.3 Å². The minimum absolute atomic E-state index is 0.613. The van der Waals surface area contributed by atoms with Gasteiger partial charge in [0.15, 0.2) is 0 Å². The monoisotopic (exact) mass is 249 g/mol. The Labute approximate surface area is 112 Å². The molecule has 0 heterocycles. The molecule has 102 valence electrons. The lowest BCUT2D eigenvalue weighted by Gasteiger charge is -2.21. The molecule has 0 aliphatic heterocycles. The van der Waals surface area contributed by atoms with E-state index in [9.17, 15) is 0 Å². The molecule has 1 unspecified atom stereocenters. The maximum absolute atomic E-state index is 5.45. The molecule has 0 saturated heterocycles. The molecule has 0 aliphatic rings. The number of ether oxygens (including phenoxy) is 1. The third-order valence-electron chi connectivity index (χ3n) is 3.25. The summed E-state index contributed by atoms with van der Waals surface area (Å²) in [7, 11) is 0. The first-order valence-electron chi connectivity index (χ1n) is 7.12. The topological polar surface area (TPSA) is 21.3 Å². The fourth-order valence-corrected chi connectivity index (χ4v) is 2.17. The van der Waals surface area contributed by atoms with Crippen LogP contribution in [-0.4, -0.2) is 19.2 Å². The molecule has 1 aromatic rings. The van der Waals surface area contributed by atoms with E-state index in [2.05, 4.69) is 50.4 Å². The van der Waals surface area contributed by atoms with Crippen molar-refractivity contribution in [2.24, 2.45) is 5.92 Å². The van der Waals surface area contributed by atoms with Crippen molar-refractivity contribution in [3.8, 4) is 5.75 Å². The first-order valence-corrected chi connectivity index (χ1v) is 7.12. The average molecular weight is 249 g/mol. The summed E-state index contributed by atoms with van der Waals surface area (Å²) in [4.78, 5) is 0. The average Bonchev–Trinajstić information content (AvgIpc) is 2.36. The smallest absolute Gasteiger partial charge is 0.119 e. The van der Waals surface area contributed by atoms with Crippen molar-refractivity contribution in [3.63, 3.8) is 0 Å². The molecule has 0 bridgehead atoms. The molecule has 1 N–H and O–H groups in total. The van der Waals surface area contributed by atoms with Crippen LogP contribution in [0.1, 0.15) is 39.7 Å². The van der Waals surface area contributed by atoms with Crippen LogP contribution in [0.4, 0.5) is 0 Å². The van der Waals surface area contributed by atoms with Gasteiger partial charge in [-0.05, 0) is 49.9 Å². The highest BCUT2D eigenvalue weighted by molar-refractivity contribution is 5.27.